The van der Waals surface area contributed by atoms with Crippen LogP contribution in [-0.4, -0.2) is 42.8 Å². The number of nitrogens with one attached hydrogen (secondary N) is 1. The molecule has 1 atom stereocenters. The summed E-state index contributed by atoms with van der Waals surface area (Å²) >= 11 is 0. The third kappa shape index (κ3) is 3.78. The highest BCUT2D eigenvalue weighted by molar-refractivity contribution is 5.28. The van der Waals surface area contributed by atoms with Gasteiger partial charge in [-0.05, 0) is 23.5 Å². The number of aliphatic hydroxyl groups excluding tert-OH is 1. The fraction of sp³-hybridized carbons (Fsp3) is 0.625. The summed E-state index contributed by atoms with van der Waals surface area (Å²) in [6.45, 7) is 8.93. The van der Waals surface area contributed by atoms with Crippen LogP contribution < -0.4 is 5.32 Å². The van der Waals surface area contributed by atoms with Crippen molar-refractivity contribution < 1.29 is 5.11 Å². The van der Waals surface area contributed by atoms with E-state index in [4.69, 9.17) is 0 Å². The first-order chi connectivity index (χ1) is 9.22. The SMILES string of the molecule is CC(C)c1cccc([C@H](CCO)N2CCNCC2)c1. The van der Waals surface area contributed by atoms with Gasteiger partial charge in [0.2, 0.25) is 0 Å². The minimum Gasteiger partial charge on any atom is -0.396 e. The van der Waals surface area contributed by atoms with Crippen LogP contribution in [-0.2, 0) is 0 Å². The largest absolute Gasteiger partial charge is 0.396 e. The van der Waals surface area contributed by atoms with Gasteiger partial charge in [-0.3, -0.25) is 4.90 Å². The van der Waals surface area contributed by atoms with Crippen molar-refractivity contribution in [1.82, 2.24) is 10.2 Å². The number of nitrogens with zero attached hydrogens (tertiary/aromatic N) is 1. The van der Waals surface area contributed by atoms with E-state index in [1.807, 2.05) is 0 Å². The zero-order valence-corrected chi connectivity index (χ0v) is 12.1. The fourth-order valence-electron chi connectivity index (χ4n) is 2.80. The minimum atomic E-state index is 0.250. The Labute approximate surface area is 116 Å². The van der Waals surface area contributed by atoms with Gasteiger partial charge in [-0.25, -0.2) is 0 Å². The zero-order chi connectivity index (χ0) is 13.7. The second-order valence-electron chi connectivity index (χ2n) is 5.64. The van der Waals surface area contributed by atoms with Gasteiger partial charge in [0.25, 0.3) is 0 Å². The Balaban J connectivity index is 2.19. The van der Waals surface area contributed by atoms with Crippen molar-refractivity contribution >= 4 is 0 Å². The maximum atomic E-state index is 9.36. The molecule has 1 aliphatic heterocycles. The number of benzene rings is 1. The highest BCUT2D eigenvalue weighted by Crippen LogP contribution is 2.27. The number of piperazine rings is 1. The highest BCUT2D eigenvalue weighted by atomic mass is 16.3. The van der Waals surface area contributed by atoms with Gasteiger partial charge in [-0.15, -0.1) is 0 Å². The van der Waals surface area contributed by atoms with Gasteiger partial charge in [0.1, 0.15) is 0 Å². The van der Waals surface area contributed by atoms with Gasteiger partial charge in [0.15, 0.2) is 0 Å². The van der Waals surface area contributed by atoms with Crippen molar-refractivity contribution in [1.29, 1.82) is 0 Å². The van der Waals surface area contributed by atoms with Gasteiger partial charge in [0, 0.05) is 38.8 Å². The van der Waals surface area contributed by atoms with Crippen molar-refractivity contribution in [3.8, 4) is 0 Å². The summed E-state index contributed by atoms with van der Waals surface area (Å²) in [6.07, 6.45) is 0.821. The van der Waals surface area contributed by atoms with Crippen molar-refractivity contribution in [2.45, 2.75) is 32.2 Å². The van der Waals surface area contributed by atoms with Gasteiger partial charge < -0.3 is 10.4 Å². The molecule has 0 amide bonds. The zero-order valence-electron chi connectivity index (χ0n) is 12.1. The Morgan fingerprint density at radius 2 is 1.89 bits per heavy atom. The Morgan fingerprint density at radius 1 is 1.21 bits per heavy atom. The van der Waals surface area contributed by atoms with E-state index in [1.54, 1.807) is 0 Å². The number of hydrogen-bond donors (Lipinski definition) is 2. The summed E-state index contributed by atoms with van der Waals surface area (Å²) in [5.74, 6) is 0.553. The minimum absolute atomic E-state index is 0.250. The molecule has 2 N–H and O–H groups in total. The van der Waals surface area contributed by atoms with Gasteiger partial charge in [-0.1, -0.05) is 38.1 Å². The molecule has 19 heavy (non-hydrogen) atoms. The lowest BCUT2D eigenvalue weighted by atomic mass is 9.95. The molecule has 3 nitrogen and oxygen atoms in total. The summed E-state index contributed by atoms with van der Waals surface area (Å²) in [7, 11) is 0. The summed E-state index contributed by atoms with van der Waals surface area (Å²) in [5, 5.41) is 12.8. The molecule has 1 aromatic rings. The third-order valence-electron chi connectivity index (χ3n) is 3.96. The Kier molecular flexibility index (Phi) is 5.37. The molecule has 0 unspecified atom stereocenters. The Hall–Kier alpha value is -0.900. The van der Waals surface area contributed by atoms with Crippen LogP contribution in [0.25, 0.3) is 0 Å². The number of rotatable bonds is 5. The molecule has 1 heterocycles. The third-order valence-corrected chi connectivity index (χ3v) is 3.96. The van der Waals surface area contributed by atoms with E-state index in [0.29, 0.717) is 12.0 Å². The van der Waals surface area contributed by atoms with Gasteiger partial charge in [0.05, 0.1) is 0 Å². The second kappa shape index (κ2) is 7.04. The molecule has 1 fully saturated rings. The number of aliphatic hydroxyl groups is 1. The quantitative estimate of drug-likeness (QED) is 0.853. The summed E-state index contributed by atoms with van der Waals surface area (Å²) in [5.41, 5.74) is 2.73. The Morgan fingerprint density at radius 3 is 2.53 bits per heavy atom. The van der Waals surface area contributed by atoms with Crippen LogP contribution in [0.4, 0.5) is 0 Å². The molecule has 0 aliphatic carbocycles. The Bertz CT molecular complexity index is 386. The first-order valence-electron chi connectivity index (χ1n) is 7.38. The van der Waals surface area contributed by atoms with Gasteiger partial charge >= 0.3 is 0 Å². The molecular weight excluding hydrogens is 236 g/mol. The van der Waals surface area contributed by atoms with E-state index in [0.717, 1.165) is 32.6 Å². The molecule has 1 aliphatic rings. The molecule has 2 rings (SSSR count). The molecule has 0 bridgehead atoms. The molecular formula is C16H26N2O. The van der Waals surface area contributed by atoms with Crippen LogP contribution in [0.3, 0.4) is 0 Å². The van der Waals surface area contributed by atoms with Crippen LogP contribution in [0.2, 0.25) is 0 Å². The fourth-order valence-corrected chi connectivity index (χ4v) is 2.80. The van der Waals surface area contributed by atoms with Crippen molar-refractivity contribution in [2.75, 3.05) is 32.8 Å². The monoisotopic (exact) mass is 262 g/mol. The maximum Gasteiger partial charge on any atom is 0.0449 e. The molecule has 0 spiro atoms. The topological polar surface area (TPSA) is 35.5 Å². The summed E-state index contributed by atoms with van der Waals surface area (Å²) in [6, 6.07) is 9.21. The molecule has 3 heteroatoms. The predicted molar refractivity (Wildman–Crippen MR) is 79.4 cm³/mol. The van der Waals surface area contributed by atoms with E-state index in [-0.39, 0.29) is 6.61 Å². The highest BCUT2D eigenvalue weighted by Gasteiger charge is 2.21. The smallest absolute Gasteiger partial charge is 0.0449 e. The lowest BCUT2D eigenvalue weighted by molar-refractivity contribution is 0.141. The molecule has 0 aromatic heterocycles. The van der Waals surface area contributed by atoms with E-state index in [2.05, 4.69) is 48.3 Å². The van der Waals surface area contributed by atoms with Crippen LogP contribution in [0.5, 0.6) is 0 Å². The van der Waals surface area contributed by atoms with E-state index >= 15 is 0 Å². The predicted octanol–water partition coefficient (Wildman–Crippen LogP) is 2.14. The average Bonchev–Trinajstić information content (AvgIpc) is 2.46. The van der Waals surface area contributed by atoms with Crippen molar-refractivity contribution in [3.63, 3.8) is 0 Å². The van der Waals surface area contributed by atoms with E-state index < -0.39 is 0 Å². The second-order valence-corrected chi connectivity index (χ2v) is 5.64. The van der Waals surface area contributed by atoms with Crippen LogP contribution >= 0.6 is 0 Å². The standard InChI is InChI=1S/C16H26N2O/c1-13(2)14-4-3-5-15(12-14)16(6-11-19)18-9-7-17-8-10-18/h3-5,12-13,16-17,19H,6-11H2,1-2H3/t16-/m0/s1. The van der Waals surface area contributed by atoms with Crippen LogP contribution in [0.1, 0.15) is 43.4 Å². The average molecular weight is 262 g/mol. The first-order valence-corrected chi connectivity index (χ1v) is 7.38. The molecule has 0 radical (unpaired) electrons. The van der Waals surface area contributed by atoms with Gasteiger partial charge in [-0.2, -0.15) is 0 Å². The lowest BCUT2D eigenvalue weighted by Crippen LogP contribution is -2.45. The maximum absolute atomic E-state index is 9.36. The first kappa shape index (κ1) is 14.5. The molecule has 1 saturated heterocycles. The normalized spacial score (nSPS) is 18.7. The van der Waals surface area contributed by atoms with Crippen molar-refractivity contribution in [2.24, 2.45) is 0 Å². The van der Waals surface area contributed by atoms with Crippen LogP contribution in [0, 0.1) is 0 Å². The van der Waals surface area contributed by atoms with E-state index in [1.165, 1.54) is 11.1 Å². The summed E-state index contributed by atoms with van der Waals surface area (Å²) in [4.78, 5) is 2.49. The molecule has 106 valence electrons. The van der Waals surface area contributed by atoms with Crippen molar-refractivity contribution in [3.05, 3.63) is 35.4 Å². The number of hydrogen-bond acceptors (Lipinski definition) is 3. The molecule has 1 aromatic carbocycles. The lowest BCUT2D eigenvalue weighted by Gasteiger charge is -2.35. The van der Waals surface area contributed by atoms with E-state index in [9.17, 15) is 5.11 Å². The molecule has 0 saturated carbocycles. The van der Waals surface area contributed by atoms with Crippen LogP contribution in [0.15, 0.2) is 24.3 Å². The summed E-state index contributed by atoms with van der Waals surface area (Å²) < 4.78 is 0.